The van der Waals surface area contributed by atoms with Gasteiger partial charge in [-0.05, 0) is 31.5 Å². The van der Waals surface area contributed by atoms with Gasteiger partial charge in [-0.25, -0.2) is 4.79 Å². The molecule has 0 bridgehead atoms. The number of rotatable bonds is 4. The predicted molar refractivity (Wildman–Crippen MR) is 77.8 cm³/mol. The summed E-state index contributed by atoms with van der Waals surface area (Å²) in [5.41, 5.74) is 1.29. The normalized spacial score (nSPS) is 12.3. The van der Waals surface area contributed by atoms with Gasteiger partial charge in [0.25, 0.3) is 5.91 Å². The van der Waals surface area contributed by atoms with Crippen molar-refractivity contribution in [1.82, 2.24) is 5.32 Å². The van der Waals surface area contributed by atoms with E-state index in [1.807, 2.05) is 12.1 Å². The molecule has 0 aliphatic heterocycles. The SMILES string of the molecule is CC[C@H](NC(=O)c1oc2ccc(Br)cc2c1C)C(=O)O. The summed E-state index contributed by atoms with van der Waals surface area (Å²) in [4.78, 5) is 23.1. The molecule has 1 amide bonds. The largest absolute Gasteiger partial charge is 0.480 e. The Kier molecular flexibility index (Phi) is 4.13. The number of aryl methyl sites for hydroxylation is 1. The molecule has 0 fully saturated rings. The van der Waals surface area contributed by atoms with E-state index in [9.17, 15) is 9.59 Å². The van der Waals surface area contributed by atoms with E-state index in [1.165, 1.54) is 0 Å². The van der Waals surface area contributed by atoms with Crippen LogP contribution in [0.1, 0.15) is 29.5 Å². The van der Waals surface area contributed by atoms with Crippen LogP contribution in [0.15, 0.2) is 27.1 Å². The average molecular weight is 340 g/mol. The van der Waals surface area contributed by atoms with Crippen molar-refractivity contribution in [2.45, 2.75) is 26.3 Å². The van der Waals surface area contributed by atoms with E-state index in [-0.39, 0.29) is 5.76 Å². The molecule has 106 valence electrons. The van der Waals surface area contributed by atoms with Crippen LogP contribution >= 0.6 is 15.9 Å². The number of carbonyl (C=O) groups is 2. The first-order valence-electron chi connectivity index (χ1n) is 6.16. The summed E-state index contributed by atoms with van der Waals surface area (Å²) < 4.78 is 6.40. The van der Waals surface area contributed by atoms with Gasteiger partial charge < -0.3 is 14.8 Å². The van der Waals surface area contributed by atoms with Crippen molar-refractivity contribution in [3.05, 3.63) is 34.0 Å². The average Bonchev–Trinajstić information content (AvgIpc) is 2.73. The summed E-state index contributed by atoms with van der Waals surface area (Å²) >= 11 is 3.36. The molecule has 2 aromatic rings. The molecule has 0 saturated heterocycles. The standard InChI is InChI=1S/C14H14BrNO4/c1-3-10(14(18)19)16-13(17)12-7(2)9-6-8(15)4-5-11(9)20-12/h4-6,10H,3H2,1-2H3,(H,16,17)(H,18,19)/t10-/m0/s1. The molecule has 0 radical (unpaired) electrons. The second-order valence-electron chi connectivity index (χ2n) is 4.47. The Bertz CT molecular complexity index is 677. The number of carbonyl (C=O) groups excluding carboxylic acids is 1. The fourth-order valence-electron chi connectivity index (χ4n) is 1.97. The first-order chi connectivity index (χ1) is 9.43. The van der Waals surface area contributed by atoms with Gasteiger partial charge in [0, 0.05) is 15.4 Å². The van der Waals surface area contributed by atoms with Crippen LogP contribution in [0.3, 0.4) is 0 Å². The number of carboxylic acid groups (broad SMARTS) is 1. The number of hydrogen-bond acceptors (Lipinski definition) is 3. The lowest BCUT2D eigenvalue weighted by Gasteiger charge is -2.10. The zero-order chi connectivity index (χ0) is 14.9. The van der Waals surface area contributed by atoms with Crippen LogP contribution in [0.2, 0.25) is 0 Å². The summed E-state index contributed by atoms with van der Waals surface area (Å²) in [5, 5.41) is 12.2. The summed E-state index contributed by atoms with van der Waals surface area (Å²) in [6, 6.07) is 4.53. The maximum absolute atomic E-state index is 12.1. The molecule has 5 nitrogen and oxygen atoms in total. The maximum Gasteiger partial charge on any atom is 0.326 e. The molecule has 1 aromatic carbocycles. The van der Waals surface area contributed by atoms with E-state index in [0.29, 0.717) is 17.6 Å². The van der Waals surface area contributed by atoms with E-state index >= 15 is 0 Å². The lowest BCUT2D eigenvalue weighted by Crippen LogP contribution is -2.40. The minimum Gasteiger partial charge on any atom is -0.480 e. The van der Waals surface area contributed by atoms with Crippen LogP contribution in [-0.4, -0.2) is 23.0 Å². The topological polar surface area (TPSA) is 79.5 Å². The van der Waals surface area contributed by atoms with Crippen LogP contribution in [0.25, 0.3) is 11.0 Å². The van der Waals surface area contributed by atoms with Gasteiger partial charge in [-0.1, -0.05) is 22.9 Å². The Labute approximate surface area is 124 Å². The fraction of sp³-hybridized carbons (Fsp3) is 0.286. The zero-order valence-electron chi connectivity index (χ0n) is 11.1. The number of furan rings is 1. The van der Waals surface area contributed by atoms with Crippen LogP contribution in [0, 0.1) is 6.92 Å². The monoisotopic (exact) mass is 339 g/mol. The molecule has 1 aromatic heterocycles. The predicted octanol–water partition coefficient (Wildman–Crippen LogP) is 3.10. The Morgan fingerprint density at radius 1 is 1.45 bits per heavy atom. The molecule has 6 heteroatoms. The third-order valence-electron chi connectivity index (χ3n) is 3.12. The molecular weight excluding hydrogens is 326 g/mol. The first kappa shape index (κ1) is 14.6. The van der Waals surface area contributed by atoms with Crippen molar-refractivity contribution >= 4 is 38.8 Å². The van der Waals surface area contributed by atoms with Crippen molar-refractivity contribution in [3.63, 3.8) is 0 Å². The third kappa shape index (κ3) is 2.70. The molecule has 1 heterocycles. The van der Waals surface area contributed by atoms with Crippen molar-refractivity contribution in [2.24, 2.45) is 0 Å². The van der Waals surface area contributed by atoms with Gasteiger partial charge in [0.05, 0.1) is 0 Å². The Balaban J connectivity index is 2.35. The molecule has 0 aliphatic rings. The van der Waals surface area contributed by atoms with Gasteiger partial charge in [0.2, 0.25) is 0 Å². The highest BCUT2D eigenvalue weighted by Gasteiger charge is 2.23. The molecule has 20 heavy (non-hydrogen) atoms. The second-order valence-corrected chi connectivity index (χ2v) is 5.38. The Hall–Kier alpha value is -1.82. The highest BCUT2D eigenvalue weighted by Crippen LogP contribution is 2.28. The van der Waals surface area contributed by atoms with Crippen molar-refractivity contribution < 1.29 is 19.1 Å². The number of halogens is 1. The first-order valence-corrected chi connectivity index (χ1v) is 6.95. The van der Waals surface area contributed by atoms with Crippen molar-refractivity contribution in [2.75, 3.05) is 0 Å². The van der Waals surface area contributed by atoms with Gasteiger partial charge in [0.1, 0.15) is 11.6 Å². The molecule has 2 N–H and O–H groups in total. The summed E-state index contributed by atoms with van der Waals surface area (Å²) in [5.74, 6) is -1.42. The molecule has 2 rings (SSSR count). The van der Waals surface area contributed by atoms with Crippen LogP contribution in [0.5, 0.6) is 0 Å². The number of nitrogens with one attached hydrogen (secondary N) is 1. The summed E-state index contributed by atoms with van der Waals surface area (Å²) in [6.45, 7) is 3.47. The number of carboxylic acids is 1. The number of amides is 1. The lowest BCUT2D eigenvalue weighted by molar-refractivity contribution is -0.139. The maximum atomic E-state index is 12.1. The highest BCUT2D eigenvalue weighted by molar-refractivity contribution is 9.10. The Morgan fingerprint density at radius 3 is 2.75 bits per heavy atom. The number of hydrogen-bond donors (Lipinski definition) is 2. The molecule has 0 aliphatic carbocycles. The fourth-order valence-corrected chi connectivity index (χ4v) is 2.33. The summed E-state index contributed by atoms with van der Waals surface area (Å²) in [6.07, 6.45) is 0.311. The van der Waals surface area contributed by atoms with Crippen LogP contribution < -0.4 is 5.32 Å². The van der Waals surface area contributed by atoms with Gasteiger partial charge in [0.15, 0.2) is 5.76 Å². The van der Waals surface area contributed by atoms with Crippen LogP contribution in [-0.2, 0) is 4.79 Å². The van der Waals surface area contributed by atoms with E-state index in [1.54, 1.807) is 19.9 Å². The van der Waals surface area contributed by atoms with Gasteiger partial charge in [-0.3, -0.25) is 4.79 Å². The highest BCUT2D eigenvalue weighted by atomic mass is 79.9. The van der Waals surface area contributed by atoms with Crippen molar-refractivity contribution in [3.8, 4) is 0 Å². The van der Waals surface area contributed by atoms with E-state index in [0.717, 1.165) is 9.86 Å². The minimum absolute atomic E-state index is 0.151. The zero-order valence-corrected chi connectivity index (χ0v) is 12.7. The van der Waals surface area contributed by atoms with Gasteiger partial charge in [-0.2, -0.15) is 0 Å². The number of aliphatic carboxylic acids is 1. The van der Waals surface area contributed by atoms with Gasteiger partial charge >= 0.3 is 5.97 Å². The number of benzene rings is 1. The van der Waals surface area contributed by atoms with E-state index in [2.05, 4.69) is 21.2 Å². The molecule has 1 atom stereocenters. The lowest BCUT2D eigenvalue weighted by atomic mass is 10.1. The Morgan fingerprint density at radius 2 is 2.15 bits per heavy atom. The second kappa shape index (κ2) is 5.66. The van der Waals surface area contributed by atoms with Crippen LogP contribution in [0.4, 0.5) is 0 Å². The van der Waals surface area contributed by atoms with Gasteiger partial charge in [-0.15, -0.1) is 0 Å². The molecule has 0 saturated carbocycles. The minimum atomic E-state index is -1.06. The number of fused-ring (bicyclic) bond motifs is 1. The van der Waals surface area contributed by atoms with Crippen molar-refractivity contribution in [1.29, 1.82) is 0 Å². The van der Waals surface area contributed by atoms with E-state index in [4.69, 9.17) is 9.52 Å². The third-order valence-corrected chi connectivity index (χ3v) is 3.61. The smallest absolute Gasteiger partial charge is 0.326 e. The molecule has 0 spiro atoms. The molecule has 0 unspecified atom stereocenters. The summed E-state index contributed by atoms with van der Waals surface area (Å²) in [7, 11) is 0. The quantitative estimate of drug-likeness (QED) is 0.896. The molecular formula is C14H14BrNO4. The van der Waals surface area contributed by atoms with E-state index < -0.39 is 17.9 Å².